The normalized spacial score (nSPS) is 27.2. The van der Waals surface area contributed by atoms with Gasteiger partial charge in [0.25, 0.3) is 0 Å². The summed E-state index contributed by atoms with van der Waals surface area (Å²) >= 11 is 1.69. The summed E-state index contributed by atoms with van der Waals surface area (Å²) in [5, 5.41) is 3.23. The SMILES string of the molecule is CCN1CCOC(CN)C1c1csc(C)n1. The van der Waals surface area contributed by atoms with Crippen LogP contribution < -0.4 is 5.73 Å². The van der Waals surface area contributed by atoms with E-state index in [0.717, 1.165) is 30.4 Å². The molecule has 1 saturated heterocycles. The van der Waals surface area contributed by atoms with Crippen molar-refractivity contribution in [1.29, 1.82) is 0 Å². The van der Waals surface area contributed by atoms with E-state index in [4.69, 9.17) is 10.5 Å². The van der Waals surface area contributed by atoms with Gasteiger partial charge in [0.15, 0.2) is 0 Å². The highest BCUT2D eigenvalue weighted by Crippen LogP contribution is 2.29. The van der Waals surface area contributed by atoms with Crippen molar-refractivity contribution >= 4 is 11.3 Å². The third-order valence-corrected chi connectivity index (χ3v) is 3.83. The maximum atomic E-state index is 5.78. The summed E-state index contributed by atoms with van der Waals surface area (Å²) in [6.45, 7) is 7.51. The first-order valence-corrected chi connectivity index (χ1v) is 6.62. The molecule has 90 valence electrons. The molecule has 2 heterocycles. The van der Waals surface area contributed by atoms with Gasteiger partial charge in [-0.1, -0.05) is 6.92 Å². The van der Waals surface area contributed by atoms with E-state index in [0.29, 0.717) is 6.54 Å². The Hall–Kier alpha value is -0.490. The average Bonchev–Trinajstić information content (AvgIpc) is 2.74. The van der Waals surface area contributed by atoms with Crippen molar-refractivity contribution in [3.05, 3.63) is 16.1 Å². The summed E-state index contributed by atoms with van der Waals surface area (Å²) < 4.78 is 5.73. The highest BCUT2D eigenvalue weighted by Gasteiger charge is 2.33. The lowest BCUT2D eigenvalue weighted by atomic mass is 10.0. The molecule has 1 aromatic rings. The number of aromatic nitrogens is 1. The molecule has 2 rings (SSSR count). The highest BCUT2D eigenvalue weighted by molar-refractivity contribution is 7.09. The van der Waals surface area contributed by atoms with Gasteiger partial charge in [0.2, 0.25) is 0 Å². The summed E-state index contributed by atoms with van der Waals surface area (Å²) in [5.74, 6) is 0. The summed E-state index contributed by atoms with van der Waals surface area (Å²) in [6.07, 6.45) is 0.0789. The summed E-state index contributed by atoms with van der Waals surface area (Å²) in [4.78, 5) is 6.97. The van der Waals surface area contributed by atoms with Crippen molar-refractivity contribution in [2.75, 3.05) is 26.2 Å². The lowest BCUT2D eigenvalue weighted by Gasteiger charge is -2.39. The first kappa shape index (κ1) is 12.0. The van der Waals surface area contributed by atoms with Gasteiger partial charge in [-0.25, -0.2) is 4.98 Å². The number of nitrogens with two attached hydrogens (primary N) is 1. The van der Waals surface area contributed by atoms with Crippen LogP contribution in [0, 0.1) is 6.92 Å². The van der Waals surface area contributed by atoms with E-state index < -0.39 is 0 Å². The number of hydrogen-bond donors (Lipinski definition) is 1. The van der Waals surface area contributed by atoms with Gasteiger partial charge in [0.1, 0.15) is 0 Å². The maximum Gasteiger partial charge on any atom is 0.0910 e. The molecular weight excluding hydrogens is 222 g/mol. The molecule has 0 amide bonds. The van der Waals surface area contributed by atoms with Gasteiger partial charge >= 0.3 is 0 Å². The number of hydrogen-bond acceptors (Lipinski definition) is 5. The minimum atomic E-state index is 0.0789. The number of likely N-dealkylation sites (N-methyl/N-ethyl adjacent to an activating group) is 1. The van der Waals surface area contributed by atoms with E-state index in [2.05, 4.69) is 22.2 Å². The maximum absolute atomic E-state index is 5.78. The van der Waals surface area contributed by atoms with Crippen LogP contribution in [0.3, 0.4) is 0 Å². The molecule has 1 fully saturated rings. The molecule has 5 heteroatoms. The van der Waals surface area contributed by atoms with Crippen LogP contribution in [0.4, 0.5) is 0 Å². The Morgan fingerprint density at radius 1 is 1.69 bits per heavy atom. The fraction of sp³-hybridized carbons (Fsp3) is 0.727. The zero-order valence-corrected chi connectivity index (χ0v) is 10.7. The highest BCUT2D eigenvalue weighted by atomic mass is 32.1. The Morgan fingerprint density at radius 3 is 3.06 bits per heavy atom. The zero-order chi connectivity index (χ0) is 11.5. The van der Waals surface area contributed by atoms with Crippen molar-refractivity contribution in [3.8, 4) is 0 Å². The molecule has 0 radical (unpaired) electrons. The molecule has 0 spiro atoms. The van der Waals surface area contributed by atoms with Gasteiger partial charge in [0, 0.05) is 18.5 Å². The Kier molecular flexibility index (Phi) is 3.91. The van der Waals surface area contributed by atoms with E-state index in [1.807, 2.05) is 6.92 Å². The number of rotatable bonds is 3. The van der Waals surface area contributed by atoms with Gasteiger partial charge in [0.05, 0.1) is 29.5 Å². The Morgan fingerprint density at radius 2 is 2.50 bits per heavy atom. The predicted molar refractivity (Wildman–Crippen MR) is 65.6 cm³/mol. The molecule has 2 atom stereocenters. The molecule has 1 aliphatic rings. The molecule has 1 aliphatic heterocycles. The van der Waals surface area contributed by atoms with Gasteiger partial charge in [-0.05, 0) is 13.5 Å². The molecule has 0 bridgehead atoms. The minimum absolute atomic E-state index is 0.0789. The van der Waals surface area contributed by atoms with E-state index in [9.17, 15) is 0 Å². The molecule has 2 unspecified atom stereocenters. The molecule has 2 N–H and O–H groups in total. The van der Waals surface area contributed by atoms with Crippen molar-refractivity contribution in [2.24, 2.45) is 5.73 Å². The van der Waals surface area contributed by atoms with Gasteiger partial charge in [-0.3, -0.25) is 4.90 Å². The molecule has 4 nitrogen and oxygen atoms in total. The average molecular weight is 241 g/mol. The van der Waals surface area contributed by atoms with Gasteiger partial charge in [-0.15, -0.1) is 11.3 Å². The Labute approximate surface area is 100 Å². The summed E-state index contributed by atoms with van der Waals surface area (Å²) in [6, 6.07) is 0.230. The van der Waals surface area contributed by atoms with Gasteiger partial charge < -0.3 is 10.5 Å². The second-order valence-corrected chi connectivity index (χ2v) is 5.07. The number of aryl methyl sites for hydroxylation is 1. The molecule has 0 aromatic carbocycles. The number of morpholine rings is 1. The van der Waals surface area contributed by atoms with Crippen LogP contribution in [0.5, 0.6) is 0 Å². The van der Waals surface area contributed by atoms with Crippen molar-refractivity contribution in [1.82, 2.24) is 9.88 Å². The summed E-state index contributed by atoms with van der Waals surface area (Å²) in [5.41, 5.74) is 6.89. The predicted octanol–water partition coefficient (Wildman–Crippen LogP) is 1.17. The first-order valence-electron chi connectivity index (χ1n) is 5.74. The van der Waals surface area contributed by atoms with Crippen LogP contribution in [0.1, 0.15) is 23.7 Å². The van der Waals surface area contributed by atoms with Crippen LogP contribution in [0.2, 0.25) is 0 Å². The molecular formula is C11H19N3OS. The summed E-state index contributed by atoms with van der Waals surface area (Å²) in [7, 11) is 0. The van der Waals surface area contributed by atoms with E-state index in [1.54, 1.807) is 11.3 Å². The van der Waals surface area contributed by atoms with Crippen LogP contribution in [-0.4, -0.2) is 42.2 Å². The number of nitrogens with zero attached hydrogens (tertiary/aromatic N) is 2. The van der Waals surface area contributed by atoms with Crippen molar-refractivity contribution < 1.29 is 4.74 Å². The second-order valence-electron chi connectivity index (χ2n) is 4.01. The molecule has 16 heavy (non-hydrogen) atoms. The standard InChI is InChI=1S/C11H19N3OS/c1-3-14-4-5-15-10(6-12)11(14)9-7-16-8(2)13-9/h7,10-11H,3-6,12H2,1-2H3. The van der Waals surface area contributed by atoms with Crippen LogP contribution >= 0.6 is 11.3 Å². The Balaban J connectivity index is 2.24. The van der Waals surface area contributed by atoms with E-state index in [1.165, 1.54) is 0 Å². The van der Waals surface area contributed by atoms with Crippen LogP contribution in [0.15, 0.2) is 5.38 Å². The van der Waals surface area contributed by atoms with Crippen molar-refractivity contribution in [3.63, 3.8) is 0 Å². The number of ether oxygens (including phenoxy) is 1. The lowest BCUT2D eigenvalue weighted by Crippen LogP contribution is -2.48. The van der Waals surface area contributed by atoms with E-state index in [-0.39, 0.29) is 12.1 Å². The first-order chi connectivity index (χ1) is 7.76. The fourth-order valence-electron chi connectivity index (χ4n) is 2.23. The third-order valence-electron chi connectivity index (χ3n) is 3.03. The largest absolute Gasteiger partial charge is 0.374 e. The fourth-order valence-corrected chi connectivity index (χ4v) is 2.87. The monoisotopic (exact) mass is 241 g/mol. The van der Waals surface area contributed by atoms with Crippen molar-refractivity contribution in [2.45, 2.75) is 26.0 Å². The Bertz CT molecular complexity index is 330. The molecule has 0 aliphatic carbocycles. The minimum Gasteiger partial charge on any atom is -0.374 e. The topological polar surface area (TPSA) is 51.4 Å². The molecule has 0 saturated carbocycles. The lowest BCUT2D eigenvalue weighted by molar-refractivity contribution is -0.0670. The third kappa shape index (κ3) is 2.27. The van der Waals surface area contributed by atoms with E-state index >= 15 is 0 Å². The quantitative estimate of drug-likeness (QED) is 0.863. The molecule has 1 aromatic heterocycles. The van der Waals surface area contributed by atoms with Crippen LogP contribution in [0.25, 0.3) is 0 Å². The second kappa shape index (κ2) is 5.23. The van der Waals surface area contributed by atoms with Crippen LogP contribution in [-0.2, 0) is 4.74 Å². The van der Waals surface area contributed by atoms with Gasteiger partial charge in [-0.2, -0.15) is 0 Å². The smallest absolute Gasteiger partial charge is 0.0910 e. The number of thiazole rings is 1. The zero-order valence-electron chi connectivity index (χ0n) is 9.85.